The molecule has 0 unspecified atom stereocenters. The smallest absolute Gasteiger partial charge is 0.0656 e. The van der Waals surface area contributed by atoms with Crippen molar-refractivity contribution < 1.29 is 0 Å². The first-order valence-corrected chi connectivity index (χ1v) is 5.80. The molecule has 82 valence electrons. The van der Waals surface area contributed by atoms with Crippen LogP contribution in [0, 0.1) is 24.2 Å². The molecule has 1 aromatic rings. The van der Waals surface area contributed by atoms with E-state index in [1.807, 2.05) is 0 Å². The summed E-state index contributed by atoms with van der Waals surface area (Å²) in [6, 6.07) is 10.6. The molecule has 0 aromatic heterocycles. The van der Waals surface area contributed by atoms with Crippen molar-refractivity contribution in [2.45, 2.75) is 32.6 Å². The van der Waals surface area contributed by atoms with Crippen molar-refractivity contribution in [3.63, 3.8) is 0 Å². The molecule has 0 aliphatic heterocycles. The van der Waals surface area contributed by atoms with Crippen LogP contribution in [0.3, 0.4) is 0 Å². The Morgan fingerprint density at radius 3 is 2.38 bits per heavy atom. The molecule has 1 aliphatic rings. The molecule has 0 spiro atoms. The molecule has 0 saturated heterocycles. The third kappa shape index (κ3) is 2.70. The third-order valence-corrected chi connectivity index (χ3v) is 3.07. The fourth-order valence-electron chi connectivity index (χ4n) is 1.99. The van der Waals surface area contributed by atoms with E-state index in [1.54, 1.807) is 0 Å². The fraction of sp³-hybridized carbons (Fsp3) is 0.429. The lowest BCUT2D eigenvalue weighted by Gasteiger charge is -2.17. The van der Waals surface area contributed by atoms with Gasteiger partial charge in [-0.3, -0.25) is 4.99 Å². The molecule has 1 aromatic carbocycles. The van der Waals surface area contributed by atoms with Gasteiger partial charge in [0.2, 0.25) is 0 Å². The van der Waals surface area contributed by atoms with Crippen LogP contribution < -0.4 is 0 Å². The Morgan fingerprint density at radius 2 is 1.81 bits per heavy atom. The quantitative estimate of drug-likeness (QED) is 0.697. The summed E-state index contributed by atoms with van der Waals surface area (Å²) < 4.78 is 0. The SMILES string of the molecule is Cc1ccc(N=C2CCC(C#N)CC2)cc1. The number of rotatable bonds is 1. The molecule has 2 rings (SSSR count). The van der Waals surface area contributed by atoms with Gasteiger partial charge in [-0.2, -0.15) is 5.26 Å². The minimum atomic E-state index is 0.247. The summed E-state index contributed by atoms with van der Waals surface area (Å²) in [6.45, 7) is 2.08. The van der Waals surface area contributed by atoms with Crippen LogP contribution in [0.2, 0.25) is 0 Å². The molecule has 1 saturated carbocycles. The number of hydrogen-bond acceptors (Lipinski definition) is 2. The van der Waals surface area contributed by atoms with Gasteiger partial charge in [-0.05, 0) is 44.7 Å². The summed E-state index contributed by atoms with van der Waals surface area (Å²) in [7, 11) is 0. The van der Waals surface area contributed by atoms with E-state index in [4.69, 9.17) is 5.26 Å². The number of aryl methyl sites for hydroxylation is 1. The first kappa shape index (κ1) is 10.9. The second kappa shape index (κ2) is 4.94. The van der Waals surface area contributed by atoms with E-state index in [1.165, 1.54) is 11.3 Å². The molecular weight excluding hydrogens is 196 g/mol. The van der Waals surface area contributed by atoms with Gasteiger partial charge >= 0.3 is 0 Å². The largest absolute Gasteiger partial charge is 0.258 e. The Hall–Kier alpha value is -1.62. The van der Waals surface area contributed by atoms with E-state index in [-0.39, 0.29) is 5.92 Å². The average molecular weight is 212 g/mol. The molecular formula is C14H16N2. The third-order valence-electron chi connectivity index (χ3n) is 3.07. The maximum Gasteiger partial charge on any atom is 0.0656 e. The van der Waals surface area contributed by atoms with E-state index in [0.29, 0.717) is 0 Å². The highest BCUT2D eigenvalue weighted by molar-refractivity contribution is 5.87. The van der Waals surface area contributed by atoms with Gasteiger partial charge in [0.1, 0.15) is 0 Å². The highest BCUT2D eigenvalue weighted by atomic mass is 14.7. The highest BCUT2D eigenvalue weighted by Gasteiger charge is 2.16. The monoisotopic (exact) mass is 212 g/mol. The van der Waals surface area contributed by atoms with E-state index < -0.39 is 0 Å². The number of nitriles is 1. The minimum absolute atomic E-state index is 0.247. The molecule has 2 nitrogen and oxygen atoms in total. The van der Waals surface area contributed by atoms with Crippen molar-refractivity contribution in [2.24, 2.45) is 10.9 Å². The summed E-state index contributed by atoms with van der Waals surface area (Å²) in [4.78, 5) is 4.64. The molecule has 0 radical (unpaired) electrons. The predicted octanol–water partition coefficient (Wildman–Crippen LogP) is 3.78. The molecule has 0 N–H and O–H groups in total. The number of benzene rings is 1. The predicted molar refractivity (Wildman–Crippen MR) is 65.8 cm³/mol. The lowest BCUT2D eigenvalue weighted by Crippen LogP contribution is -2.12. The summed E-state index contributed by atoms with van der Waals surface area (Å²) in [6.07, 6.45) is 3.90. The standard InChI is InChI=1S/C14H16N2/c1-11-2-6-13(7-3-11)16-14-8-4-12(10-15)5-9-14/h2-3,6-7,12H,4-5,8-9H2,1H3. The zero-order valence-corrected chi connectivity index (χ0v) is 9.61. The maximum atomic E-state index is 8.81. The zero-order chi connectivity index (χ0) is 11.4. The van der Waals surface area contributed by atoms with Gasteiger partial charge < -0.3 is 0 Å². The van der Waals surface area contributed by atoms with Crippen LogP contribution in [0.4, 0.5) is 5.69 Å². The Balaban J connectivity index is 2.03. The second-order valence-corrected chi connectivity index (χ2v) is 4.42. The van der Waals surface area contributed by atoms with Gasteiger partial charge in [0, 0.05) is 11.6 Å². The van der Waals surface area contributed by atoms with Crippen LogP contribution in [0.1, 0.15) is 31.2 Å². The Labute approximate surface area is 96.6 Å². The Bertz CT molecular complexity index is 413. The van der Waals surface area contributed by atoms with Crippen LogP contribution in [0.25, 0.3) is 0 Å². The molecule has 0 bridgehead atoms. The van der Waals surface area contributed by atoms with Crippen molar-refractivity contribution in [2.75, 3.05) is 0 Å². The topological polar surface area (TPSA) is 36.1 Å². The van der Waals surface area contributed by atoms with Crippen molar-refractivity contribution in [3.8, 4) is 6.07 Å². The Morgan fingerprint density at radius 1 is 1.19 bits per heavy atom. The molecule has 0 atom stereocenters. The number of nitrogens with zero attached hydrogens (tertiary/aromatic N) is 2. The fourth-order valence-corrected chi connectivity index (χ4v) is 1.99. The number of aliphatic imine (C=N–C) groups is 1. The number of hydrogen-bond donors (Lipinski definition) is 0. The lowest BCUT2D eigenvalue weighted by atomic mass is 9.89. The average Bonchev–Trinajstić information content (AvgIpc) is 2.33. The first-order chi connectivity index (χ1) is 7.78. The van der Waals surface area contributed by atoms with E-state index >= 15 is 0 Å². The van der Waals surface area contributed by atoms with Gasteiger partial charge in [0.25, 0.3) is 0 Å². The molecule has 1 aliphatic carbocycles. The van der Waals surface area contributed by atoms with Crippen molar-refractivity contribution in [1.29, 1.82) is 5.26 Å². The van der Waals surface area contributed by atoms with Gasteiger partial charge in [-0.1, -0.05) is 17.7 Å². The van der Waals surface area contributed by atoms with E-state index in [2.05, 4.69) is 42.3 Å². The molecule has 0 amide bonds. The van der Waals surface area contributed by atoms with Gasteiger partial charge in [0.05, 0.1) is 11.8 Å². The summed E-state index contributed by atoms with van der Waals surface area (Å²) in [5, 5.41) is 8.81. The molecule has 0 heterocycles. The molecule has 1 fully saturated rings. The molecule has 2 heteroatoms. The maximum absolute atomic E-state index is 8.81. The summed E-state index contributed by atoms with van der Waals surface area (Å²) in [5.41, 5.74) is 3.54. The van der Waals surface area contributed by atoms with Crippen LogP contribution in [-0.4, -0.2) is 5.71 Å². The van der Waals surface area contributed by atoms with Crippen molar-refractivity contribution >= 4 is 11.4 Å². The summed E-state index contributed by atoms with van der Waals surface area (Å²) in [5.74, 6) is 0.247. The Kier molecular flexibility index (Phi) is 3.36. The van der Waals surface area contributed by atoms with Crippen LogP contribution in [-0.2, 0) is 0 Å². The second-order valence-electron chi connectivity index (χ2n) is 4.42. The molecule has 16 heavy (non-hydrogen) atoms. The summed E-state index contributed by atoms with van der Waals surface area (Å²) >= 11 is 0. The normalized spacial score (nSPS) is 20.2. The highest BCUT2D eigenvalue weighted by Crippen LogP contribution is 2.24. The van der Waals surface area contributed by atoms with Gasteiger partial charge in [-0.25, -0.2) is 0 Å². The minimum Gasteiger partial charge on any atom is -0.258 e. The van der Waals surface area contributed by atoms with Gasteiger partial charge in [0.15, 0.2) is 0 Å². The van der Waals surface area contributed by atoms with Crippen molar-refractivity contribution in [1.82, 2.24) is 0 Å². The van der Waals surface area contributed by atoms with Gasteiger partial charge in [-0.15, -0.1) is 0 Å². The zero-order valence-electron chi connectivity index (χ0n) is 9.61. The first-order valence-electron chi connectivity index (χ1n) is 5.80. The van der Waals surface area contributed by atoms with Crippen molar-refractivity contribution in [3.05, 3.63) is 29.8 Å². The van der Waals surface area contributed by atoms with Crippen LogP contribution in [0.5, 0.6) is 0 Å². The van der Waals surface area contributed by atoms with E-state index in [0.717, 1.165) is 31.4 Å². The van der Waals surface area contributed by atoms with Crippen LogP contribution in [0.15, 0.2) is 29.3 Å². The van der Waals surface area contributed by atoms with Crippen LogP contribution >= 0.6 is 0 Å². The lowest BCUT2D eigenvalue weighted by molar-refractivity contribution is 0.546. The van der Waals surface area contributed by atoms with E-state index in [9.17, 15) is 0 Å².